The van der Waals surface area contributed by atoms with Crippen molar-refractivity contribution in [3.63, 3.8) is 0 Å². The molecule has 0 amide bonds. The average molecular weight is 340 g/mol. The fourth-order valence-electron chi connectivity index (χ4n) is 1.53. The topological polar surface area (TPSA) is 21.3 Å². The number of rotatable bonds is 6. The third-order valence-electron chi connectivity index (χ3n) is 2.41. The zero-order valence-corrected chi connectivity index (χ0v) is 12.4. The minimum Gasteiger partial charge on any atom is -0.363 e. The first-order valence-corrected chi connectivity index (χ1v) is 6.75. The maximum atomic E-state index is 12.3. The normalized spacial score (nSPS) is 13.8. The molecule has 0 fully saturated rings. The van der Waals surface area contributed by atoms with Crippen LogP contribution in [0.25, 0.3) is 0 Å². The molecule has 0 radical (unpaired) electrons. The third kappa shape index (κ3) is 6.40. The van der Waals surface area contributed by atoms with Gasteiger partial charge < -0.3 is 10.1 Å². The highest BCUT2D eigenvalue weighted by atomic mass is 79.9. The minimum atomic E-state index is -4.32. The Balaban J connectivity index is 2.77. The summed E-state index contributed by atoms with van der Waals surface area (Å²) in [4.78, 5) is 0. The molecular weight excluding hydrogens is 323 g/mol. The molecular formula is C13H17BrF3NO. The van der Waals surface area contributed by atoms with E-state index >= 15 is 0 Å². The second-order valence-electron chi connectivity index (χ2n) is 4.50. The first kappa shape index (κ1) is 16.5. The van der Waals surface area contributed by atoms with Crippen molar-refractivity contribution in [3.8, 4) is 0 Å². The van der Waals surface area contributed by atoms with E-state index in [0.717, 1.165) is 4.47 Å². The molecule has 1 rings (SSSR count). The van der Waals surface area contributed by atoms with Crippen LogP contribution >= 0.6 is 15.9 Å². The van der Waals surface area contributed by atoms with E-state index in [-0.39, 0.29) is 6.04 Å². The molecule has 0 aliphatic carbocycles. The van der Waals surface area contributed by atoms with Gasteiger partial charge in [-0.25, -0.2) is 0 Å². The molecule has 0 saturated heterocycles. The van der Waals surface area contributed by atoms with Gasteiger partial charge in [-0.1, -0.05) is 48.0 Å². The predicted molar refractivity (Wildman–Crippen MR) is 72.0 cm³/mol. The van der Waals surface area contributed by atoms with Crippen molar-refractivity contribution in [1.82, 2.24) is 5.32 Å². The number of halogens is 4. The second kappa shape index (κ2) is 7.26. The molecule has 0 aliphatic rings. The monoisotopic (exact) mass is 339 g/mol. The Hall–Kier alpha value is -0.590. The smallest absolute Gasteiger partial charge is 0.363 e. The number of benzene rings is 1. The number of nitrogens with one attached hydrogen (secondary N) is 1. The van der Waals surface area contributed by atoms with Crippen molar-refractivity contribution in [2.75, 3.05) is 13.2 Å². The molecule has 1 aromatic rings. The summed E-state index contributed by atoms with van der Waals surface area (Å²) >= 11 is 3.34. The fourth-order valence-corrected chi connectivity index (χ4v) is 2.07. The Morgan fingerprint density at radius 2 is 1.89 bits per heavy atom. The number of hydrogen-bond donors (Lipinski definition) is 1. The van der Waals surface area contributed by atoms with Crippen molar-refractivity contribution in [1.29, 1.82) is 0 Å². The summed E-state index contributed by atoms with van der Waals surface area (Å²) < 4.78 is 42.6. The highest BCUT2D eigenvalue weighted by Gasteiger charge is 2.30. The quantitative estimate of drug-likeness (QED) is 0.843. The summed E-state index contributed by atoms with van der Waals surface area (Å²) in [7, 11) is 0. The van der Waals surface area contributed by atoms with E-state index in [4.69, 9.17) is 4.74 Å². The van der Waals surface area contributed by atoms with E-state index in [2.05, 4.69) is 21.2 Å². The van der Waals surface area contributed by atoms with E-state index in [9.17, 15) is 13.2 Å². The van der Waals surface area contributed by atoms with Crippen LogP contribution in [0, 0.1) is 0 Å². The lowest BCUT2D eigenvalue weighted by Crippen LogP contribution is -2.31. The second-order valence-corrected chi connectivity index (χ2v) is 5.35. The van der Waals surface area contributed by atoms with Gasteiger partial charge in [0.25, 0.3) is 0 Å². The minimum absolute atomic E-state index is 0.180. The fraction of sp³-hybridized carbons (Fsp3) is 0.538. The van der Waals surface area contributed by atoms with E-state index < -0.39 is 18.9 Å². The first-order valence-electron chi connectivity index (χ1n) is 5.96. The molecule has 0 aliphatic heterocycles. The summed E-state index contributed by atoms with van der Waals surface area (Å²) in [6.07, 6.45) is -4.96. The third-order valence-corrected chi connectivity index (χ3v) is 3.13. The van der Waals surface area contributed by atoms with Crippen LogP contribution in [-0.4, -0.2) is 25.4 Å². The Labute approximate surface area is 119 Å². The van der Waals surface area contributed by atoms with Crippen LogP contribution in [0.3, 0.4) is 0 Å². The summed E-state index contributed by atoms with van der Waals surface area (Å²) in [6, 6.07) is 7.31. The van der Waals surface area contributed by atoms with Crippen LogP contribution in [0.5, 0.6) is 0 Å². The largest absolute Gasteiger partial charge is 0.411 e. The predicted octanol–water partition coefficient (Wildman–Crippen LogP) is 4.07. The van der Waals surface area contributed by atoms with Gasteiger partial charge in [0.05, 0.1) is 6.10 Å². The Bertz CT molecular complexity index is 396. The number of alkyl halides is 3. The molecule has 1 atom stereocenters. The first-order chi connectivity index (χ1) is 8.79. The molecule has 19 heavy (non-hydrogen) atoms. The van der Waals surface area contributed by atoms with Gasteiger partial charge in [0.2, 0.25) is 0 Å². The molecule has 0 saturated carbocycles. The van der Waals surface area contributed by atoms with Crippen LogP contribution < -0.4 is 5.32 Å². The number of hydrogen-bond acceptors (Lipinski definition) is 2. The standard InChI is InChI=1S/C13H17BrF3NO/c1-9(2)18-7-12(19-8-13(15,16)17)10-5-3-4-6-11(10)14/h3-6,9,12,18H,7-8H2,1-2H3. The SMILES string of the molecule is CC(C)NCC(OCC(F)(F)F)c1ccccc1Br. The molecule has 1 unspecified atom stereocenters. The molecule has 0 aromatic heterocycles. The maximum Gasteiger partial charge on any atom is 0.411 e. The maximum absolute atomic E-state index is 12.3. The summed E-state index contributed by atoms with van der Waals surface area (Å²) in [5.74, 6) is 0. The molecule has 0 bridgehead atoms. The van der Waals surface area contributed by atoms with Crippen molar-refractivity contribution >= 4 is 15.9 Å². The van der Waals surface area contributed by atoms with Crippen LogP contribution in [-0.2, 0) is 4.74 Å². The van der Waals surface area contributed by atoms with Crippen molar-refractivity contribution in [2.24, 2.45) is 0 Å². The van der Waals surface area contributed by atoms with Crippen LogP contribution in [0.1, 0.15) is 25.5 Å². The lowest BCUT2D eigenvalue weighted by atomic mass is 10.1. The summed E-state index contributed by atoms with van der Waals surface area (Å²) in [5, 5.41) is 3.09. The van der Waals surface area contributed by atoms with Crippen LogP contribution in [0.15, 0.2) is 28.7 Å². The average Bonchev–Trinajstić information content (AvgIpc) is 2.29. The van der Waals surface area contributed by atoms with E-state index in [1.54, 1.807) is 18.2 Å². The molecule has 1 N–H and O–H groups in total. The van der Waals surface area contributed by atoms with Gasteiger partial charge in [-0.15, -0.1) is 0 Å². The van der Waals surface area contributed by atoms with E-state index in [1.165, 1.54) is 0 Å². The Morgan fingerprint density at radius 3 is 2.42 bits per heavy atom. The van der Waals surface area contributed by atoms with E-state index in [1.807, 2.05) is 19.9 Å². The molecule has 0 heterocycles. The molecule has 2 nitrogen and oxygen atoms in total. The Kier molecular flexibility index (Phi) is 6.29. The molecule has 1 aromatic carbocycles. The highest BCUT2D eigenvalue weighted by molar-refractivity contribution is 9.10. The van der Waals surface area contributed by atoms with Gasteiger partial charge in [-0.3, -0.25) is 0 Å². The highest BCUT2D eigenvalue weighted by Crippen LogP contribution is 2.27. The summed E-state index contributed by atoms with van der Waals surface area (Å²) in [5.41, 5.74) is 0.708. The van der Waals surface area contributed by atoms with Gasteiger partial charge >= 0.3 is 6.18 Å². The van der Waals surface area contributed by atoms with E-state index in [0.29, 0.717) is 12.1 Å². The van der Waals surface area contributed by atoms with Crippen molar-refractivity contribution < 1.29 is 17.9 Å². The number of ether oxygens (including phenoxy) is 1. The van der Waals surface area contributed by atoms with Gasteiger partial charge in [-0.05, 0) is 11.6 Å². The lowest BCUT2D eigenvalue weighted by Gasteiger charge is -2.22. The van der Waals surface area contributed by atoms with Crippen molar-refractivity contribution in [3.05, 3.63) is 34.3 Å². The van der Waals surface area contributed by atoms with Crippen LogP contribution in [0.2, 0.25) is 0 Å². The zero-order valence-electron chi connectivity index (χ0n) is 10.8. The Morgan fingerprint density at radius 1 is 1.26 bits per heavy atom. The van der Waals surface area contributed by atoms with Crippen molar-refractivity contribution in [2.45, 2.75) is 32.2 Å². The van der Waals surface area contributed by atoms with Gasteiger partial charge in [0, 0.05) is 17.1 Å². The van der Waals surface area contributed by atoms with Gasteiger partial charge in [0.1, 0.15) is 6.61 Å². The molecule has 108 valence electrons. The molecule has 0 spiro atoms. The lowest BCUT2D eigenvalue weighted by molar-refractivity contribution is -0.185. The molecule has 6 heteroatoms. The van der Waals surface area contributed by atoms with Gasteiger partial charge in [-0.2, -0.15) is 13.2 Å². The summed E-state index contributed by atoms with van der Waals surface area (Å²) in [6.45, 7) is 2.94. The zero-order chi connectivity index (χ0) is 14.5. The van der Waals surface area contributed by atoms with Crippen LogP contribution in [0.4, 0.5) is 13.2 Å². The van der Waals surface area contributed by atoms with Gasteiger partial charge in [0.15, 0.2) is 0 Å².